The summed E-state index contributed by atoms with van der Waals surface area (Å²) in [5.74, 6) is -0.952. The van der Waals surface area contributed by atoms with Crippen LogP contribution in [0.3, 0.4) is 0 Å². The van der Waals surface area contributed by atoms with Crippen molar-refractivity contribution in [2.24, 2.45) is 0 Å². The van der Waals surface area contributed by atoms with Gasteiger partial charge in [-0.15, -0.1) is 0 Å². The molecule has 0 saturated carbocycles. The van der Waals surface area contributed by atoms with Gasteiger partial charge in [-0.2, -0.15) is 5.10 Å². The van der Waals surface area contributed by atoms with Gasteiger partial charge < -0.3 is 15.3 Å². The van der Waals surface area contributed by atoms with E-state index >= 15 is 0 Å². The molecule has 0 spiro atoms. The summed E-state index contributed by atoms with van der Waals surface area (Å²) >= 11 is 0. The van der Waals surface area contributed by atoms with Crippen LogP contribution in [0.2, 0.25) is 0 Å². The maximum absolute atomic E-state index is 11.1. The molecule has 0 fully saturated rings. The Bertz CT molecular complexity index is 1190. The molecule has 1 aromatic heterocycles. The van der Waals surface area contributed by atoms with Crippen molar-refractivity contribution in [2.45, 2.75) is 57.3 Å². The highest BCUT2D eigenvalue weighted by molar-refractivity contribution is 5.88. The summed E-state index contributed by atoms with van der Waals surface area (Å²) in [7, 11) is 0. The lowest BCUT2D eigenvalue weighted by Gasteiger charge is -2.49. The van der Waals surface area contributed by atoms with Gasteiger partial charge in [0.05, 0.1) is 24.3 Å². The topological polar surface area (TPSA) is 95.6 Å². The van der Waals surface area contributed by atoms with E-state index in [-0.39, 0.29) is 5.56 Å². The lowest BCUT2D eigenvalue weighted by Crippen LogP contribution is -2.56. The Hall–Kier alpha value is -3.22. The summed E-state index contributed by atoms with van der Waals surface area (Å²) in [4.78, 5) is 11.1. The first kappa shape index (κ1) is 23.0. The maximum atomic E-state index is 11.1. The molecule has 33 heavy (non-hydrogen) atoms. The lowest BCUT2D eigenvalue weighted by atomic mass is 9.59. The monoisotopic (exact) mass is 446 g/mol. The number of aromatic carboxylic acids is 1. The second-order valence-corrected chi connectivity index (χ2v) is 9.89. The number of nitrogens with zero attached hydrogens (tertiary/aromatic N) is 2. The van der Waals surface area contributed by atoms with Gasteiger partial charge in [0.1, 0.15) is 0 Å². The second kappa shape index (κ2) is 8.28. The minimum atomic E-state index is -0.952. The van der Waals surface area contributed by atoms with Crippen LogP contribution in [0.1, 0.15) is 65.9 Å². The van der Waals surface area contributed by atoms with Crippen LogP contribution < -0.4 is 0 Å². The van der Waals surface area contributed by atoms with Crippen molar-refractivity contribution >= 4 is 18.1 Å². The fourth-order valence-corrected chi connectivity index (χ4v) is 4.62. The van der Waals surface area contributed by atoms with E-state index in [4.69, 9.17) is 5.11 Å². The van der Waals surface area contributed by atoms with Crippen molar-refractivity contribution < 1.29 is 20.1 Å². The average Bonchev–Trinajstić information content (AvgIpc) is 3.29. The molecule has 172 valence electrons. The first-order valence-corrected chi connectivity index (χ1v) is 11.0. The Morgan fingerprint density at radius 3 is 2.15 bits per heavy atom. The predicted octanol–water partition coefficient (Wildman–Crippen LogP) is 4.09. The van der Waals surface area contributed by atoms with E-state index in [1.807, 2.05) is 56.8 Å². The van der Waals surface area contributed by atoms with E-state index in [0.717, 1.165) is 27.8 Å². The third-order valence-corrected chi connectivity index (χ3v) is 6.95. The molecule has 1 aliphatic carbocycles. The molecule has 1 aliphatic rings. The summed E-state index contributed by atoms with van der Waals surface area (Å²) in [6, 6.07) is 12.8. The third kappa shape index (κ3) is 4.12. The van der Waals surface area contributed by atoms with Crippen LogP contribution >= 0.6 is 0 Å². The highest BCUT2D eigenvalue weighted by Crippen LogP contribution is 2.47. The van der Waals surface area contributed by atoms with E-state index in [1.54, 1.807) is 30.5 Å². The van der Waals surface area contributed by atoms with E-state index < -0.39 is 29.0 Å². The zero-order valence-electron chi connectivity index (χ0n) is 19.4. The van der Waals surface area contributed by atoms with Crippen molar-refractivity contribution in [3.05, 3.63) is 88.2 Å². The number of rotatable bonds is 5. The number of carbonyl (C=O) groups is 1. The van der Waals surface area contributed by atoms with Crippen LogP contribution in [-0.4, -0.2) is 43.3 Å². The van der Waals surface area contributed by atoms with Gasteiger partial charge >= 0.3 is 5.97 Å². The molecular formula is C27H30N2O4. The fraction of sp³-hybridized carbons (Fsp3) is 0.333. The Morgan fingerprint density at radius 2 is 1.61 bits per heavy atom. The van der Waals surface area contributed by atoms with Crippen LogP contribution in [0.25, 0.3) is 12.2 Å². The number of carboxylic acid groups (broad SMARTS) is 1. The Labute approximate surface area is 193 Å². The smallest absolute Gasteiger partial charge is 0.335 e. The average molecular weight is 447 g/mol. The number of hydrogen-bond acceptors (Lipinski definition) is 4. The molecule has 2 atom stereocenters. The first-order valence-electron chi connectivity index (χ1n) is 11.0. The lowest BCUT2D eigenvalue weighted by molar-refractivity contribution is -0.0673. The number of benzene rings is 2. The highest BCUT2D eigenvalue weighted by atomic mass is 16.4. The second-order valence-electron chi connectivity index (χ2n) is 9.89. The number of hydrogen-bond donors (Lipinski definition) is 3. The van der Waals surface area contributed by atoms with Gasteiger partial charge in [0, 0.05) is 23.2 Å². The summed E-state index contributed by atoms with van der Waals surface area (Å²) in [5.41, 5.74) is 3.96. The van der Waals surface area contributed by atoms with Crippen molar-refractivity contribution in [1.82, 2.24) is 9.78 Å². The Kier molecular flexibility index (Phi) is 5.76. The van der Waals surface area contributed by atoms with Gasteiger partial charge in [0.15, 0.2) is 0 Å². The van der Waals surface area contributed by atoms with Gasteiger partial charge in [-0.05, 0) is 46.0 Å². The largest absolute Gasteiger partial charge is 0.478 e. The number of aliphatic hydroxyl groups is 2. The molecular weight excluding hydrogens is 416 g/mol. The van der Waals surface area contributed by atoms with Crippen molar-refractivity contribution in [3.63, 3.8) is 0 Å². The molecule has 3 aromatic rings. The van der Waals surface area contributed by atoms with E-state index in [9.17, 15) is 15.0 Å². The van der Waals surface area contributed by atoms with E-state index in [0.29, 0.717) is 6.54 Å². The van der Waals surface area contributed by atoms with Crippen LogP contribution in [-0.2, 0) is 17.4 Å². The standard InChI is InChI=1S/C27H30N2O4/c1-26(2)21-14-19(11-8-17-6-9-18(10-7-17)25(32)33)20(16-29-13-5-12-28-29)15-22(21)27(3,4)24(31)23(26)30/h5-15,23-24,30-31H,16H2,1-4H3,(H,32,33)/b11-8+/t23-,24-/m0/s1. The van der Waals surface area contributed by atoms with Crippen LogP contribution in [0.15, 0.2) is 54.9 Å². The highest BCUT2D eigenvalue weighted by Gasteiger charge is 2.50. The molecule has 0 bridgehead atoms. The maximum Gasteiger partial charge on any atom is 0.335 e. The molecule has 0 unspecified atom stereocenters. The Balaban J connectivity index is 1.83. The van der Waals surface area contributed by atoms with Crippen molar-refractivity contribution in [1.29, 1.82) is 0 Å². The number of fused-ring (bicyclic) bond motifs is 1. The first-order chi connectivity index (χ1) is 15.5. The van der Waals surface area contributed by atoms with E-state index in [2.05, 4.69) is 17.2 Å². The summed E-state index contributed by atoms with van der Waals surface area (Å²) in [6.07, 6.45) is 5.84. The number of aliphatic hydroxyl groups excluding tert-OH is 2. The fourth-order valence-electron chi connectivity index (χ4n) is 4.62. The summed E-state index contributed by atoms with van der Waals surface area (Å²) in [5, 5.41) is 35.3. The molecule has 3 N–H and O–H groups in total. The van der Waals surface area contributed by atoms with Crippen LogP contribution in [0, 0.1) is 0 Å². The Morgan fingerprint density at radius 1 is 1.00 bits per heavy atom. The minimum Gasteiger partial charge on any atom is -0.478 e. The molecule has 0 amide bonds. The van der Waals surface area contributed by atoms with Crippen LogP contribution in [0.4, 0.5) is 0 Å². The molecule has 0 saturated heterocycles. The van der Waals surface area contributed by atoms with Crippen LogP contribution in [0.5, 0.6) is 0 Å². The molecule has 6 heteroatoms. The number of carboxylic acids is 1. The zero-order valence-corrected chi connectivity index (χ0v) is 19.4. The predicted molar refractivity (Wildman–Crippen MR) is 128 cm³/mol. The third-order valence-electron chi connectivity index (χ3n) is 6.95. The van der Waals surface area contributed by atoms with Gasteiger partial charge in [0.2, 0.25) is 0 Å². The molecule has 4 rings (SSSR count). The van der Waals surface area contributed by atoms with Gasteiger partial charge in [-0.25, -0.2) is 4.79 Å². The van der Waals surface area contributed by atoms with Crippen molar-refractivity contribution in [3.8, 4) is 0 Å². The number of aromatic nitrogens is 2. The normalized spacial score (nSPS) is 21.2. The van der Waals surface area contributed by atoms with Gasteiger partial charge in [-0.1, -0.05) is 64.1 Å². The minimum absolute atomic E-state index is 0.247. The molecule has 1 heterocycles. The summed E-state index contributed by atoms with van der Waals surface area (Å²) < 4.78 is 1.85. The SMILES string of the molecule is CC1(C)c2cc(/C=C/c3ccc(C(=O)O)cc3)c(Cn3cccn3)cc2C(C)(C)[C@@H](O)[C@@H]1O. The van der Waals surface area contributed by atoms with Crippen molar-refractivity contribution in [2.75, 3.05) is 0 Å². The molecule has 6 nitrogen and oxygen atoms in total. The summed E-state index contributed by atoms with van der Waals surface area (Å²) in [6.45, 7) is 8.41. The molecule has 0 aliphatic heterocycles. The molecule has 2 aromatic carbocycles. The molecule has 0 radical (unpaired) electrons. The van der Waals surface area contributed by atoms with E-state index in [1.165, 1.54) is 0 Å². The quantitative estimate of drug-likeness (QED) is 0.513. The van der Waals surface area contributed by atoms with Gasteiger partial charge in [0.25, 0.3) is 0 Å². The van der Waals surface area contributed by atoms with Gasteiger partial charge in [-0.3, -0.25) is 4.68 Å². The zero-order chi connectivity index (χ0) is 24.0.